The van der Waals surface area contributed by atoms with Crippen LogP contribution in [0.2, 0.25) is 0 Å². The van der Waals surface area contributed by atoms with Crippen molar-refractivity contribution >= 4 is 5.97 Å². The molecule has 0 spiro atoms. The summed E-state index contributed by atoms with van der Waals surface area (Å²) in [5.74, 6) is 0.600. The third kappa shape index (κ3) is 5.58. The van der Waals surface area contributed by atoms with Gasteiger partial charge in [0, 0.05) is 6.54 Å². The van der Waals surface area contributed by atoms with Gasteiger partial charge in [0.05, 0.1) is 13.2 Å². The first-order chi connectivity index (χ1) is 10.8. The Morgan fingerprint density at radius 2 is 1.73 bits per heavy atom. The van der Waals surface area contributed by atoms with Gasteiger partial charge < -0.3 is 14.8 Å². The van der Waals surface area contributed by atoms with E-state index in [0.29, 0.717) is 19.8 Å². The monoisotopic (exact) mass is 299 g/mol. The number of ether oxygens (including phenoxy) is 2. The van der Waals surface area contributed by atoms with E-state index in [1.54, 1.807) is 6.92 Å². The van der Waals surface area contributed by atoms with E-state index < -0.39 is 0 Å². The molecule has 2 aromatic carbocycles. The van der Waals surface area contributed by atoms with Gasteiger partial charge in [-0.05, 0) is 30.2 Å². The quantitative estimate of drug-likeness (QED) is 0.761. The molecule has 2 aromatic rings. The zero-order valence-corrected chi connectivity index (χ0v) is 12.7. The van der Waals surface area contributed by atoms with E-state index in [4.69, 9.17) is 9.47 Å². The number of benzene rings is 2. The van der Waals surface area contributed by atoms with Crippen LogP contribution in [0.4, 0.5) is 0 Å². The predicted octanol–water partition coefficient (Wildman–Crippen LogP) is 2.92. The largest absolute Gasteiger partial charge is 0.489 e. The Bertz CT molecular complexity index is 567. The predicted molar refractivity (Wildman–Crippen MR) is 85.6 cm³/mol. The Labute approximate surface area is 131 Å². The molecule has 0 aliphatic carbocycles. The first kappa shape index (κ1) is 16.0. The second-order valence-electron chi connectivity index (χ2n) is 4.83. The second kappa shape index (κ2) is 8.85. The Balaban J connectivity index is 1.74. The Morgan fingerprint density at radius 3 is 2.41 bits per heavy atom. The van der Waals surface area contributed by atoms with Gasteiger partial charge in [0.15, 0.2) is 0 Å². The van der Waals surface area contributed by atoms with Crippen molar-refractivity contribution in [1.29, 1.82) is 0 Å². The summed E-state index contributed by atoms with van der Waals surface area (Å²) in [5, 5.41) is 3.05. The third-order valence-electron chi connectivity index (χ3n) is 3.08. The summed E-state index contributed by atoms with van der Waals surface area (Å²) in [5.41, 5.74) is 2.24. The molecule has 0 bridgehead atoms. The summed E-state index contributed by atoms with van der Waals surface area (Å²) in [6.45, 7) is 3.61. The minimum Gasteiger partial charge on any atom is -0.489 e. The molecule has 2 rings (SSSR count). The fourth-order valence-corrected chi connectivity index (χ4v) is 1.97. The lowest BCUT2D eigenvalue weighted by Gasteiger charge is -2.08. The summed E-state index contributed by atoms with van der Waals surface area (Å²) in [6.07, 6.45) is 0. The van der Waals surface area contributed by atoms with E-state index in [9.17, 15) is 4.79 Å². The van der Waals surface area contributed by atoms with Gasteiger partial charge in [-0.3, -0.25) is 4.79 Å². The lowest BCUT2D eigenvalue weighted by atomic mass is 10.2. The van der Waals surface area contributed by atoms with Crippen LogP contribution in [0.1, 0.15) is 18.1 Å². The highest BCUT2D eigenvalue weighted by Crippen LogP contribution is 2.14. The maximum absolute atomic E-state index is 11.2. The molecule has 1 N–H and O–H groups in total. The van der Waals surface area contributed by atoms with Crippen LogP contribution in [0.25, 0.3) is 0 Å². The van der Waals surface area contributed by atoms with Crippen molar-refractivity contribution in [2.45, 2.75) is 20.1 Å². The molecule has 116 valence electrons. The lowest BCUT2D eigenvalue weighted by molar-refractivity contribution is -0.142. The Morgan fingerprint density at radius 1 is 1.00 bits per heavy atom. The number of esters is 1. The molecule has 4 nitrogen and oxygen atoms in total. The van der Waals surface area contributed by atoms with Gasteiger partial charge in [-0.15, -0.1) is 0 Å². The number of hydrogen-bond acceptors (Lipinski definition) is 4. The average molecular weight is 299 g/mol. The topological polar surface area (TPSA) is 47.6 Å². The normalized spacial score (nSPS) is 10.2. The van der Waals surface area contributed by atoms with Gasteiger partial charge in [0.2, 0.25) is 0 Å². The molecule has 0 saturated carbocycles. The summed E-state index contributed by atoms with van der Waals surface area (Å²) < 4.78 is 10.6. The lowest BCUT2D eigenvalue weighted by Crippen LogP contribution is -2.24. The number of rotatable bonds is 8. The zero-order chi connectivity index (χ0) is 15.6. The molecule has 0 saturated heterocycles. The summed E-state index contributed by atoms with van der Waals surface area (Å²) in [7, 11) is 0. The summed E-state index contributed by atoms with van der Waals surface area (Å²) in [4.78, 5) is 11.2. The van der Waals surface area contributed by atoms with Crippen molar-refractivity contribution in [1.82, 2.24) is 5.32 Å². The molecule has 0 fully saturated rings. The van der Waals surface area contributed by atoms with Crippen molar-refractivity contribution < 1.29 is 14.3 Å². The highest BCUT2D eigenvalue weighted by molar-refractivity contribution is 5.71. The van der Waals surface area contributed by atoms with Gasteiger partial charge in [0.1, 0.15) is 12.4 Å². The van der Waals surface area contributed by atoms with Crippen molar-refractivity contribution in [3.63, 3.8) is 0 Å². The summed E-state index contributed by atoms with van der Waals surface area (Å²) >= 11 is 0. The van der Waals surface area contributed by atoms with Crippen molar-refractivity contribution in [3.8, 4) is 5.75 Å². The molecule has 0 aromatic heterocycles. The van der Waals surface area contributed by atoms with Crippen LogP contribution in [-0.4, -0.2) is 19.1 Å². The molecule has 22 heavy (non-hydrogen) atoms. The Hall–Kier alpha value is -2.33. The molecule has 0 aliphatic heterocycles. The highest BCUT2D eigenvalue weighted by Gasteiger charge is 2.01. The van der Waals surface area contributed by atoms with Crippen molar-refractivity contribution in [3.05, 3.63) is 65.7 Å². The first-order valence-electron chi connectivity index (χ1n) is 7.40. The van der Waals surface area contributed by atoms with Crippen LogP contribution in [0.3, 0.4) is 0 Å². The second-order valence-corrected chi connectivity index (χ2v) is 4.83. The van der Waals surface area contributed by atoms with Crippen LogP contribution in [0.15, 0.2) is 54.6 Å². The fraction of sp³-hybridized carbons (Fsp3) is 0.278. The molecule has 0 radical (unpaired) electrons. The SMILES string of the molecule is CCOC(=O)CNCc1ccc(OCc2ccccc2)cc1. The standard InChI is InChI=1S/C18H21NO3/c1-2-21-18(20)13-19-12-15-8-10-17(11-9-15)22-14-16-6-4-3-5-7-16/h3-11,19H,2,12-14H2,1H3. The first-order valence-corrected chi connectivity index (χ1v) is 7.40. The van der Waals surface area contributed by atoms with E-state index in [1.807, 2.05) is 54.6 Å². The van der Waals surface area contributed by atoms with E-state index >= 15 is 0 Å². The van der Waals surface area contributed by atoms with Crippen LogP contribution in [0, 0.1) is 0 Å². The molecule has 0 unspecified atom stereocenters. The third-order valence-corrected chi connectivity index (χ3v) is 3.08. The van der Waals surface area contributed by atoms with E-state index in [0.717, 1.165) is 16.9 Å². The van der Waals surface area contributed by atoms with Gasteiger partial charge >= 0.3 is 5.97 Å². The minimum absolute atomic E-state index is 0.222. The van der Waals surface area contributed by atoms with Gasteiger partial charge in [-0.25, -0.2) is 0 Å². The molecule has 0 aliphatic rings. The van der Waals surface area contributed by atoms with E-state index in [-0.39, 0.29) is 12.5 Å². The minimum atomic E-state index is -0.231. The maximum Gasteiger partial charge on any atom is 0.319 e. The van der Waals surface area contributed by atoms with E-state index in [1.165, 1.54) is 0 Å². The molecular weight excluding hydrogens is 278 g/mol. The highest BCUT2D eigenvalue weighted by atomic mass is 16.5. The Kier molecular flexibility index (Phi) is 6.45. The summed E-state index contributed by atoms with van der Waals surface area (Å²) in [6, 6.07) is 17.9. The van der Waals surface area contributed by atoms with Gasteiger partial charge in [-0.1, -0.05) is 42.5 Å². The number of carbonyl (C=O) groups is 1. The molecule has 0 amide bonds. The maximum atomic E-state index is 11.2. The number of hydrogen-bond donors (Lipinski definition) is 1. The van der Waals surface area contributed by atoms with E-state index in [2.05, 4.69) is 5.32 Å². The smallest absolute Gasteiger partial charge is 0.319 e. The molecule has 0 atom stereocenters. The fourth-order valence-electron chi connectivity index (χ4n) is 1.97. The van der Waals surface area contributed by atoms with Crippen molar-refractivity contribution in [2.75, 3.05) is 13.2 Å². The van der Waals surface area contributed by atoms with Gasteiger partial charge in [0.25, 0.3) is 0 Å². The van der Waals surface area contributed by atoms with Crippen LogP contribution in [-0.2, 0) is 22.7 Å². The van der Waals surface area contributed by atoms with Crippen LogP contribution >= 0.6 is 0 Å². The van der Waals surface area contributed by atoms with Crippen molar-refractivity contribution in [2.24, 2.45) is 0 Å². The molecule has 0 heterocycles. The van der Waals surface area contributed by atoms with Gasteiger partial charge in [-0.2, -0.15) is 0 Å². The molecular formula is C18H21NO3. The van der Waals surface area contributed by atoms with Crippen LogP contribution in [0.5, 0.6) is 5.75 Å². The number of nitrogens with one attached hydrogen (secondary N) is 1. The molecule has 4 heteroatoms. The zero-order valence-electron chi connectivity index (χ0n) is 12.7. The average Bonchev–Trinajstić information content (AvgIpc) is 2.55. The number of carbonyl (C=O) groups excluding carboxylic acids is 1. The van der Waals surface area contributed by atoms with Crippen LogP contribution < -0.4 is 10.1 Å².